The highest BCUT2D eigenvalue weighted by Crippen LogP contribution is 2.20. The molecular formula is C18H15NOS. The third-order valence-electron chi connectivity index (χ3n) is 3.47. The molecule has 3 rings (SSSR count). The van der Waals surface area contributed by atoms with Crippen LogP contribution in [0.3, 0.4) is 0 Å². The fourth-order valence-electron chi connectivity index (χ4n) is 2.32. The zero-order chi connectivity index (χ0) is 14.8. The smallest absolute Gasteiger partial charge is 0.255 e. The molecule has 0 aliphatic carbocycles. The number of anilines is 1. The summed E-state index contributed by atoms with van der Waals surface area (Å²) in [5, 5.41) is 5.21. The van der Waals surface area contributed by atoms with Crippen LogP contribution in [0.1, 0.15) is 15.9 Å². The summed E-state index contributed by atoms with van der Waals surface area (Å²) >= 11 is 4.29. The van der Waals surface area contributed by atoms with Gasteiger partial charge in [-0.3, -0.25) is 4.79 Å². The number of carbonyl (C=O) groups excluding carboxylic acids is 1. The molecule has 1 amide bonds. The second kappa shape index (κ2) is 5.62. The fourth-order valence-corrected chi connectivity index (χ4v) is 2.52. The summed E-state index contributed by atoms with van der Waals surface area (Å²) in [5.74, 6) is -0.112. The van der Waals surface area contributed by atoms with Gasteiger partial charge in [0, 0.05) is 16.1 Å². The van der Waals surface area contributed by atoms with Gasteiger partial charge in [0.05, 0.1) is 0 Å². The van der Waals surface area contributed by atoms with E-state index in [1.54, 1.807) is 6.07 Å². The Kier molecular flexibility index (Phi) is 3.67. The molecule has 0 atom stereocenters. The maximum Gasteiger partial charge on any atom is 0.255 e. The maximum atomic E-state index is 12.4. The van der Waals surface area contributed by atoms with Crippen molar-refractivity contribution in [3.8, 4) is 0 Å². The lowest BCUT2D eigenvalue weighted by atomic mass is 10.1. The van der Waals surface area contributed by atoms with E-state index in [1.165, 1.54) is 0 Å². The standard InChI is InChI=1S/C18H15NOS/c1-12-6-9-16(21)11-17(12)18(20)19-15-8-7-13-4-2-3-5-14(13)10-15/h2-11,21H,1H3,(H,19,20). The molecular weight excluding hydrogens is 278 g/mol. The number of nitrogens with one attached hydrogen (secondary N) is 1. The summed E-state index contributed by atoms with van der Waals surface area (Å²) in [6.45, 7) is 1.92. The topological polar surface area (TPSA) is 29.1 Å². The van der Waals surface area contributed by atoms with Gasteiger partial charge in [0.1, 0.15) is 0 Å². The van der Waals surface area contributed by atoms with Crippen LogP contribution in [0, 0.1) is 6.92 Å². The first-order valence-corrected chi connectivity index (χ1v) is 7.18. The Morgan fingerprint density at radius 2 is 1.71 bits per heavy atom. The van der Waals surface area contributed by atoms with Gasteiger partial charge in [-0.25, -0.2) is 0 Å². The molecule has 104 valence electrons. The van der Waals surface area contributed by atoms with E-state index in [-0.39, 0.29) is 5.91 Å². The SMILES string of the molecule is Cc1ccc(S)cc1C(=O)Nc1ccc2ccccc2c1. The van der Waals surface area contributed by atoms with Gasteiger partial charge in [0.15, 0.2) is 0 Å². The van der Waals surface area contributed by atoms with E-state index in [9.17, 15) is 4.79 Å². The predicted molar refractivity (Wildman–Crippen MR) is 90.3 cm³/mol. The first-order chi connectivity index (χ1) is 10.1. The maximum absolute atomic E-state index is 12.4. The van der Waals surface area contributed by atoms with Gasteiger partial charge >= 0.3 is 0 Å². The average Bonchev–Trinajstić information content (AvgIpc) is 2.49. The van der Waals surface area contributed by atoms with Gasteiger partial charge in [0.2, 0.25) is 0 Å². The number of aryl methyl sites for hydroxylation is 1. The molecule has 0 heterocycles. The number of amides is 1. The number of carbonyl (C=O) groups is 1. The highest BCUT2D eigenvalue weighted by Gasteiger charge is 2.09. The molecule has 0 saturated heterocycles. The van der Waals surface area contributed by atoms with Crippen LogP contribution >= 0.6 is 12.6 Å². The van der Waals surface area contributed by atoms with E-state index in [4.69, 9.17) is 0 Å². The molecule has 0 aliphatic rings. The first kappa shape index (κ1) is 13.7. The zero-order valence-electron chi connectivity index (χ0n) is 11.6. The van der Waals surface area contributed by atoms with Crippen LogP contribution in [0.4, 0.5) is 5.69 Å². The minimum Gasteiger partial charge on any atom is -0.322 e. The molecule has 0 unspecified atom stereocenters. The van der Waals surface area contributed by atoms with Gasteiger partial charge < -0.3 is 5.32 Å². The summed E-state index contributed by atoms with van der Waals surface area (Å²) < 4.78 is 0. The summed E-state index contributed by atoms with van der Waals surface area (Å²) in [7, 11) is 0. The number of rotatable bonds is 2. The third-order valence-corrected chi connectivity index (χ3v) is 3.75. The van der Waals surface area contributed by atoms with Gasteiger partial charge in [-0.05, 0) is 47.5 Å². The Morgan fingerprint density at radius 3 is 2.52 bits per heavy atom. The normalized spacial score (nSPS) is 10.6. The van der Waals surface area contributed by atoms with E-state index in [1.807, 2.05) is 55.5 Å². The molecule has 3 heteroatoms. The molecule has 0 aromatic heterocycles. The van der Waals surface area contributed by atoms with Crippen molar-refractivity contribution < 1.29 is 4.79 Å². The molecule has 0 aliphatic heterocycles. The van der Waals surface area contributed by atoms with Crippen LogP contribution in [0.2, 0.25) is 0 Å². The van der Waals surface area contributed by atoms with E-state index in [0.717, 1.165) is 26.9 Å². The zero-order valence-corrected chi connectivity index (χ0v) is 12.5. The number of thiol groups is 1. The minimum absolute atomic E-state index is 0.112. The van der Waals surface area contributed by atoms with Crippen molar-refractivity contribution >= 4 is 35.0 Å². The van der Waals surface area contributed by atoms with E-state index >= 15 is 0 Å². The van der Waals surface area contributed by atoms with E-state index in [2.05, 4.69) is 24.0 Å². The van der Waals surface area contributed by atoms with Crippen molar-refractivity contribution in [1.82, 2.24) is 0 Å². The number of hydrogen-bond acceptors (Lipinski definition) is 2. The molecule has 0 saturated carbocycles. The molecule has 2 nitrogen and oxygen atoms in total. The predicted octanol–water partition coefficient (Wildman–Crippen LogP) is 4.69. The Bertz CT molecular complexity index is 826. The second-order valence-electron chi connectivity index (χ2n) is 5.02. The van der Waals surface area contributed by atoms with Crippen LogP contribution in [-0.2, 0) is 0 Å². The highest BCUT2D eigenvalue weighted by molar-refractivity contribution is 7.80. The molecule has 0 fully saturated rings. The summed E-state index contributed by atoms with van der Waals surface area (Å²) in [6, 6.07) is 19.5. The minimum atomic E-state index is -0.112. The van der Waals surface area contributed by atoms with Crippen molar-refractivity contribution in [3.05, 3.63) is 71.8 Å². The molecule has 0 radical (unpaired) electrons. The monoisotopic (exact) mass is 293 g/mol. The Hall–Kier alpha value is -2.26. The summed E-state index contributed by atoms with van der Waals surface area (Å²) in [6.07, 6.45) is 0. The lowest BCUT2D eigenvalue weighted by Crippen LogP contribution is -2.13. The Labute approximate surface area is 129 Å². The number of fused-ring (bicyclic) bond motifs is 1. The summed E-state index contributed by atoms with van der Waals surface area (Å²) in [5.41, 5.74) is 2.38. The van der Waals surface area contributed by atoms with Gasteiger partial charge in [-0.15, -0.1) is 12.6 Å². The number of hydrogen-bond donors (Lipinski definition) is 2. The average molecular weight is 293 g/mol. The van der Waals surface area contributed by atoms with Gasteiger partial charge in [-0.1, -0.05) is 36.4 Å². The van der Waals surface area contributed by atoms with Crippen LogP contribution in [0.25, 0.3) is 10.8 Å². The van der Waals surface area contributed by atoms with Gasteiger partial charge in [0.25, 0.3) is 5.91 Å². The largest absolute Gasteiger partial charge is 0.322 e. The molecule has 21 heavy (non-hydrogen) atoms. The van der Waals surface area contributed by atoms with E-state index in [0.29, 0.717) is 5.56 Å². The quantitative estimate of drug-likeness (QED) is 0.659. The third kappa shape index (κ3) is 2.93. The fraction of sp³-hybridized carbons (Fsp3) is 0.0556. The second-order valence-corrected chi connectivity index (χ2v) is 5.53. The van der Waals surface area contributed by atoms with Crippen LogP contribution in [0.15, 0.2) is 65.6 Å². The highest BCUT2D eigenvalue weighted by atomic mass is 32.1. The van der Waals surface area contributed by atoms with Crippen LogP contribution in [-0.4, -0.2) is 5.91 Å². The molecule has 3 aromatic carbocycles. The molecule has 3 aromatic rings. The lowest BCUT2D eigenvalue weighted by molar-refractivity contribution is 0.102. The van der Waals surface area contributed by atoms with E-state index < -0.39 is 0 Å². The van der Waals surface area contributed by atoms with Crippen LogP contribution < -0.4 is 5.32 Å². The van der Waals surface area contributed by atoms with Crippen molar-refractivity contribution in [1.29, 1.82) is 0 Å². The van der Waals surface area contributed by atoms with Crippen LogP contribution in [0.5, 0.6) is 0 Å². The van der Waals surface area contributed by atoms with Gasteiger partial charge in [-0.2, -0.15) is 0 Å². The van der Waals surface area contributed by atoms with Crippen molar-refractivity contribution in [2.75, 3.05) is 5.32 Å². The summed E-state index contributed by atoms with van der Waals surface area (Å²) in [4.78, 5) is 13.2. The lowest BCUT2D eigenvalue weighted by Gasteiger charge is -2.09. The molecule has 0 bridgehead atoms. The Balaban J connectivity index is 1.90. The van der Waals surface area contributed by atoms with Crippen molar-refractivity contribution in [3.63, 3.8) is 0 Å². The molecule has 0 spiro atoms. The van der Waals surface area contributed by atoms with Crippen molar-refractivity contribution in [2.45, 2.75) is 11.8 Å². The Morgan fingerprint density at radius 1 is 0.952 bits per heavy atom. The first-order valence-electron chi connectivity index (χ1n) is 6.73. The number of benzene rings is 3. The molecule has 1 N–H and O–H groups in total. The van der Waals surface area contributed by atoms with Crippen molar-refractivity contribution in [2.24, 2.45) is 0 Å².